The van der Waals surface area contributed by atoms with Crippen molar-refractivity contribution in [1.82, 2.24) is 14.3 Å². The molecule has 0 saturated carbocycles. The zero-order chi connectivity index (χ0) is 16.2. The van der Waals surface area contributed by atoms with Crippen LogP contribution in [0.4, 0.5) is 0 Å². The molecule has 132 valence electrons. The Balaban J connectivity index is 0.00000264. The Hall–Kier alpha value is -0.710. The molecule has 1 heterocycles. The fourth-order valence-corrected chi connectivity index (χ4v) is 4.89. The molecule has 0 spiro atoms. The minimum Gasteiger partial charge on any atom is -0.312 e. The number of nitrogens with zero attached hydrogens (tertiary/aromatic N) is 1. The van der Waals surface area contributed by atoms with Crippen LogP contribution in [-0.2, 0) is 20.0 Å². The summed E-state index contributed by atoms with van der Waals surface area (Å²) in [4.78, 5) is 0.128. The number of halogens is 1. The van der Waals surface area contributed by atoms with Gasteiger partial charge in [0, 0.05) is 32.2 Å². The number of hydrogen-bond donors (Lipinski definition) is 2. The molecule has 0 bridgehead atoms. The Morgan fingerprint density at radius 3 is 2.48 bits per heavy atom. The summed E-state index contributed by atoms with van der Waals surface area (Å²) < 4.78 is 52.2. The van der Waals surface area contributed by atoms with Gasteiger partial charge < -0.3 is 5.32 Å². The number of benzene rings is 1. The smallest absolute Gasteiger partial charge is 0.240 e. The predicted molar refractivity (Wildman–Crippen MR) is 91.7 cm³/mol. The monoisotopic (exact) mass is 383 g/mol. The highest BCUT2D eigenvalue weighted by Gasteiger charge is 2.27. The molecule has 2 N–H and O–H groups in total. The van der Waals surface area contributed by atoms with Crippen LogP contribution >= 0.6 is 12.4 Å². The van der Waals surface area contributed by atoms with Gasteiger partial charge in [0.05, 0.1) is 10.6 Å². The average molecular weight is 384 g/mol. The molecule has 1 unspecified atom stereocenters. The minimum absolute atomic E-state index is 0. The van der Waals surface area contributed by atoms with Crippen molar-refractivity contribution in [3.05, 3.63) is 30.3 Å². The third-order valence-corrected chi connectivity index (χ3v) is 6.75. The Labute approximate surface area is 144 Å². The number of rotatable bonds is 6. The summed E-state index contributed by atoms with van der Waals surface area (Å²) in [6.45, 7) is 3.21. The van der Waals surface area contributed by atoms with E-state index in [1.54, 1.807) is 18.2 Å². The molecule has 0 aromatic heterocycles. The van der Waals surface area contributed by atoms with Crippen LogP contribution in [0.3, 0.4) is 0 Å². The first-order valence-electron chi connectivity index (χ1n) is 7.07. The maximum Gasteiger partial charge on any atom is 0.240 e. The molecule has 23 heavy (non-hydrogen) atoms. The molecule has 1 saturated heterocycles. The number of sulfonamides is 2. The van der Waals surface area contributed by atoms with Crippen molar-refractivity contribution in [1.29, 1.82) is 0 Å². The lowest BCUT2D eigenvalue weighted by molar-refractivity contribution is 0.310. The van der Waals surface area contributed by atoms with E-state index in [2.05, 4.69) is 10.0 Å². The highest BCUT2D eigenvalue weighted by atomic mass is 35.5. The summed E-state index contributed by atoms with van der Waals surface area (Å²) in [7, 11) is -7.12. The SMILES string of the molecule is CC1CN(S(=O)(=O)CCNS(=O)(=O)c2ccccc2)CCN1.Cl. The quantitative estimate of drug-likeness (QED) is 0.721. The van der Waals surface area contributed by atoms with Crippen LogP contribution in [0, 0.1) is 0 Å². The Morgan fingerprint density at radius 2 is 1.87 bits per heavy atom. The van der Waals surface area contributed by atoms with Crippen LogP contribution in [0.2, 0.25) is 0 Å². The molecule has 0 amide bonds. The summed E-state index contributed by atoms with van der Waals surface area (Å²) in [6, 6.07) is 7.99. The van der Waals surface area contributed by atoms with Crippen LogP contribution in [0.1, 0.15) is 6.92 Å². The van der Waals surface area contributed by atoms with Crippen LogP contribution in [0.25, 0.3) is 0 Å². The third kappa shape index (κ3) is 5.70. The summed E-state index contributed by atoms with van der Waals surface area (Å²) in [5, 5.41) is 3.17. The van der Waals surface area contributed by atoms with Crippen LogP contribution in [-0.4, -0.2) is 59.1 Å². The molecule has 0 aliphatic carbocycles. The minimum atomic E-state index is -3.67. The van der Waals surface area contributed by atoms with E-state index in [4.69, 9.17) is 0 Å². The first kappa shape index (κ1) is 20.3. The fourth-order valence-electron chi connectivity index (χ4n) is 2.27. The zero-order valence-electron chi connectivity index (χ0n) is 12.8. The van der Waals surface area contributed by atoms with Crippen molar-refractivity contribution >= 4 is 32.5 Å². The summed E-state index contributed by atoms with van der Waals surface area (Å²) in [5.74, 6) is -0.244. The van der Waals surface area contributed by atoms with Crippen molar-refractivity contribution in [3.63, 3.8) is 0 Å². The van der Waals surface area contributed by atoms with Crippen LogP contribution < -0.4 is 10.0 Å². The van der Waals surface area contributed by atoms with Gasteiger partial charge in [-0.1, -0.05) is 18.2 Å². The molecular formula is C13H22ClN3O4S2. The molecule has 7 nitrogen and oxygen atoms in total. The highest BCUT2D eigenvalue weighted by Crippen LogP contribution is 2.08. The lowest BCUT2D eigenvalue weighted by Crippen LogP contribution is -2.52. The van der Waals surface area contributed by atoms with Gasteiger partial charge in [0.25, 0.3) is 0 Å². The molecule has 0 radical (unpaired) electrons. The first-order chi connectivity index (χ1) is 10.3. The van der Waals surface area contributed by atoms with Crippen LogP contribution in [0.5, 0.6) is 0 Å². The van der Waals surface area contributed by atoms with Gasteiger partial charge in [0.2, 0.25) is 20.0 Å². The molecule has 1 atom stereocenters. The van der Waals surface area contributed by atoms with Crippen molar-refractivity contribution in [2.75, 3.05) is 31.9 Å². The van der Waals surface area contributed by atoms with Gasteiger partial charge in [0.15, 0.2) is 0 Å². The fraction of sp³-hybridized carbons (Fsp3) is 0.538. The summed E-state index contributed by atoms with van der Waals surface area (Å²) in [6.07, 6.45) is 0. The second-order valence-electron chi connectivity index (χ2n) is 5.24. The van der Waals surface area contributed by atoms with E-state index in [-0.39, 0.29) is 35.6 Å². The number of nitrogens with one attached hydrogen (secondary N) is 2. The molecule has 2 rings (SSSR count). The first-order valence-corrected chi connectivity index (χ1v) is 10.2. The Bertz CT molecular complexity index is 695. The second-order valence-corrected chi connectivity index (χ2v) is 9.10. The van der Waals surface area contributed by atoms with E-state index in [0.717, 1.165) is 0 Å². The van der Waals surface area contributed by atoms with Crippen molar-refractivity contribution in [3.8, 4) is 0 Å². The van der Waals surface area contributed by atoms with Crippen molar-refractivity contribution in [2.45, 2.75) is 17.9 Å². The molecule has 1 aliphatic rings. The summed E-state index contributed by atoms with van der Waals surface area (Å²) in [5.41, 5.74) is 0. The van der Waals surface area contributed by atoms with Crippen molar-refractivity contribution in [2.24, 2.45) is 0 Å². The topological polar surface area (TPSA) is 95.6 Å². The van der Waals surface area contributed by atoms with Gasteiger partial charge >= 0.3 is 0 Å². The van der Waals surface area contributed by atoms with E-state index in [1.165, 1.54) is 16.4 Å². The van der Waals surface area contributed by atoms with E-state index in [1.807, 2.05) is 6.92 Å². The van der Waals surface area contributed by atoms with Gasteiger partial charge in [0.1, 0.15) is 0 Å². The second kappa shape index (κ2) is 8.41. The van der Waals surface area contributed by atoms with Gasteiger partial charge in [-0.25, -0.2) is 21.6 Å². The molecule has 10 heteroatoms. The predicted octanol–water partition coefficient (Wildman–Crippen LogP) is 0.0102. The van der Waals surface area contributed by atoms with Gasteiger partial charge in [-0.05, 0) is 19.1 Å². The molecule has 1 aromatic carbocycles. The Morgan fingerprint density at radius 1 is 1.22 bits per heavy atom. The summed E-state index contributed by atoms with van der Waals surface area (Å²) >= 11 is 0. The average Bonchev–Trinajstić information content (AvgIpc) is 2.48. The maximum absolute atomic E-state index is 12.2. The van der Waals surface area contributed by atoms with Gasteiger partial charge in [-0.3, -0.25) is 0 Å². The largest absolute Gasteiger partial charge is 0.312 e. The van der Waals surface area contributed by atoms with Gasteiger partial charge in [-0.2, -0.15) is 4.31 Å². The molecule has 1 aliphatic heterocycles. The normalized spacial score (nSPS) is 20.0. The lowest BCUT2D eigenvalue weighted by Gasteiger charge is -2.31. The number of piperazine rings is 1. The van der Waals surface area contributed by atoms with Gasteiger partial charge in [-0.15, -0.1) is 12.4 Å². The lowest BCUT2D eigenvalue weighted by atomic mass is 10.3. The number of hydrogen-bond acceptors (Lipinski definition) is 5. The Kier molecular flexibility index (Phi) is 7.43. The molecular weight excluding hydrogens is 362 g/mol. The standard InChI is InChI=1S/C13H21N3O4S2.ClH/c1-12-11-16(9-7-14-12)21(17,18)10-8-15-22(19,20)13-5-3-2-4-6-13;/h2-6,12,14-15H,7-11H2,1H3;1H. The van der Waals surface area contributed by atoms with Crippen LogP contribution in [0.15, 0.2) is 35.2 Å². The van der Waals surface area contributed by atoms with E-state index in [0.29, 0.717) is 19.6 Å². The molecule has 1 aromatic rings. The van der Waals surface area contributed by atoms with Crippen molar-refractivity contribution < 1.29 is 16.8 Å². The molecule has 1 fully saturated rings. The van der Waals surface area contributed by atoms with E-state index in [9.17, 15) is 16.8 Å². The van der Waals surface area contributed by atoms with E-state index >= 15 is 0 Å². The highest BCUT2D eigenvalue weighted by molar-refractivity contribution is 7.90. The maximum atomic E-state index is 12.2. The zero-order valence-corrected chi connectivity index (χ0v) is 15.3. The van der Waals surface area contributed by atoms with E-state index < -0.39 is 20.0 Å². The third-order valence-electron chi connectivity index (χ3n) is 3.43.